The van der Waals surface area contributed by atoms with Gasteiger partial charge in [-0.25, -0.2) is 14.8 Å². The number of para-hydroxylation sites is 3. The fourth-order valence-corrected chi connectivity index (χ4v) is 4.98. The van der Waals surface area contributed by atoms with E-state index in [0.29, 0.717) is 40.1 Å². The van der Waals surface area contributed by atoms with E-state index in [9.17, 15) is 9.59 Å². The Labute approximate surface area is 224 Å². The second-order valence-electron chi connectivity index (χ2n) is 9.39. The highest BCUT2D eigenvalue weighted by molar-refractivity contribution is 6.13. The summed E-state index contributed by atoms with van der Waals surface area (Å²) in [7, 11) is 0. The molecular formula is C29H29N5O5. The van der Waals surface area contributed by atoms with Crippen molar-refractivity contribution in [2.24, 2.45) is 0 Å². The highest BCUT2D eigenvalue weighted by Gasteiger charge is 2.29. The predicted molar refractivity (Wildman–Crippen MR) is 147 cm³/mol. The molecule has 1 aliphatic rings. The molecule has 3 aromatic heterocycles. The number of carbonyl (C=O) groups is 2. The number of anilines is 1. The number of fused-ring (bicyclic) bond motifs is 3. The van der Waals surface area contributed by atoms with Gasteiger partial charge < -0.3 is 23.8 Å². The molecule has 1 fully saturated rings. The standard InChI is InChI=1S/C29H29N5O5/c1-2-38-29(36)24-25-27(31-21-10-5-4-9-20(21)30-25)34(13-7-12-33-14-16-37-17-15-33)26(24)32-28(35)23-18-19-8-3-6-11-22(19)39-23/h3-6,8-11,18H,2,7,12-17H2,1H3,(H,32,35). The lowest BCUT2D eigenvalue weighted by Gasteiger charge is -2.26. The number of benzene rings is 2. The maximum atomic E-state index is 13.5. The van der Waals surface area contributed by atoms with Crippen LogP contribution in [-0.2, 0) is 16.0 Å². The van der Waals surface area contributed by atoms with Crippen molar-refractivity contribution in [2.75, 3.05) is 44.8 Å². The number of furan rings is 1. The zero-order valence-corrected chi connectivity index (χ0v) is 21.7. The van der Waals surface area contributed by atoms with Gasteiger partial charge in [0.05, 0.1) is 30.9 Å². The van der Waals surface area contributed by atoms with E-state index >= 15 is 0 Å². The lowest BCUT2D eigenvalue weighted by Crippen LogP contribution is -2.37. The molecule has 39 heavy (non-hydrogen) atoms. The number of hydrogen-bond donors (Lipinski definition) is 1. The fourth-order valence-electron chi connectivity index (χ4n) is 4.98. The first kappa shape index (κ1) is 25.0. The molecule has 0 aliphatic carbocycles. The molecule has 2 aromatic carbocycles. The Morgan fingerprint density at radius 1 is 1.00 bits per heavy atom. The number of nitrogens with zero attached hydrogens (tertiary/aromatic N) is 4. The first-order valence-electron chi connectivity index (χ1n) is 13.2. The average molecular weight is 528 g/mol. The van der Waals surface area contributed by atoms with Gasteiger partial charge in [0.2, 0.25) is 0 Å². The third kappa shape index (κ3) is 4.96. The van der Waals surface area contributed by atoms with Crippen molar-refractivity contribution in [2.45, 2.75) is 19.9 Å². The number of aromatic nitrogens is 3. The van der Waals surface area contributed by atoms with E-state index in [-0.39, 0.29) is 17.9 Å². The molecule has 1 N–H and O–H groups in total. The van der Waals surface area contributed by atoms with Crippen LogP contribution in [-0.4, -0.2) is 70.8 Å². The molecular weight excluding hydrogens is 498 g/mol. The smallest absolute Gasteiger partial charge is 0.344 e. The van der Waals surface area contributed by atoms with Crippen molar-refractivity contribution < 1.29 is 23.5 Å². The molecule has 1 saturated heterocycles. The third-order valence-corrected chi connectivity index (χ3v) is 6.87. The van der Waals surface area contributed by atoms with Gasteiger partial charge in [0.25, 0.3) is 5.91 Å². The Morgan fingerprint density at radius 3 is 2.51 bits per heavy atom. The largest absolute Gasteiger partial charge is 0.462 e. The molecule has 4 heterocycles. The van der Waals surface area contributed by atoms with Crippen molar-refractivity contribution in [3.05, 3.63) is 65.9 Å². The third-order valence-electron chi connectivity index (χ3n) is 6.87. The van der Waals surface area contributed by atoms with Gasteiger partial charge in [-0.2, -0.15) is 0 Å². The number of nitrogens with one attached hydrogen (secondary N) is 1. The molecule has 10 heteroatoms. The summed E-state index contributed by atoms with van der Waals surface area (Å²) in [6.45, 7) is 6.46. The maximum Gasteiger partial charge on any atom is 0.344 e. The van der Waals surface area contributed by atoms with E-state index in [1.54, 1.807) is 19.1 Å². The van der Waals surface area contributed by atoms with Gasteiger partial charge in [0.1, 0.15) is 22.5 Å². The van der Waals surface area contributed by atoms with E-state index in [0.717, 1.165) is 44.7 Å². The molecule has 1 aliphatic heterocycles. The van der Waals surface area contributed by atoms with Crippen LogP contribution in [0.25, 0.3) is 33.2 Å². The van der Waals surface area contributed by atoms with Gasteiger partial charge in [-0.15, -0.1) is 0 Å². The Kier molecular flexibility index (Phi) is 6.95. The van der Waals surface area contributed by atoms with E-state index in [4.69, 9.17) is 23.9 Å². The minimum Gasteiger partial charge on any atom is -0.462 e. The number of morpholine rings is 1. The number of hydrogen-bond acceptors (Lipinski definition) is 8. The van der Waals surface area contributed by atoms with Crippen LogP contribution in [0.4, 0.5) is 5.82 Å². The van der Waals surface area contributed by atoms with Crippen molar-refractivity contribution in [1.82, 2.24) is 19.4 Å². The summed E-state index contributed by atoms with van der Waals surface area (Å²) in [5.41, 5.74) is 3.03. The number of rotatable bonds is 8. The molecule has 1 amide bonds. The number of esters is 1. The van der Waals surface area contributed by atoms with Crippen molar-refractivity contribution in [3.8, 4) is 0 Å². The molecule has 0 radical (unpaired) electrons. The maximum absolute atomic E-state index is 13.5. The zero-order chi connectivity index (χ0) is 26.8. The molecule has 200 valence electrons. The van der Waals surface area contributed by atoms with Crippen LogP contribution in [0.3, 0.4) is 0 Å². The number of aryl methyl sites for hydroxylation is 1. The highest BCUT2D eigenvalue weighted by Crippen LogP contribution is 2.32. The number of amides is 1. The lowest BCUT2D eigenvalue weighted by molar-refractivity contribution is 0.0369. The molecule has 10 nitrogen and oxygen atoms in total. The Hall–Kier alpha value is -4.28. The van der Waals surface area contributed by atoms with Crippen LogP contribution in [0.15, 0.2) is 59.0 Å². The van der Waals surface area contributed by atoms with Crippen molar-refractivity contribution >= 4 is 50.9 Å². The van der Waals surface area contributed by atoms with Crippen molar-refractivity contribution in [1.29, 1.82) is 0 Å². The highest BCUT2D eigenvalue weighted by atomic mass is 16.5. The SMILES string of the molecule is CCOC(=O)c1c(NC(=O)c2cc3ccccc3o2)n(CCCN2CCOCC2)c2nc3ccccc3nc12. The first-order chi connectivity index (χ1) is 19.1. The molecule has 0 spiro atoms. The van der Waals surface area contributed by atoms with Gasteiger partial charge in [-0.3, -0.25) is 9.69 Å². The number of ether oxygens (including phenoxy) is 2. The van der Waals surface area contributed by atoms with Gasteiger partial charge in [0, 0.05) is 31.6 Å². The molecule has 6 rings (SSSR count). The summed E-state index contributed by atoms with van der Waals surface area (Å²) in [5, 5.41) is 3.76. The van der Waals surface area contributed by atoms with Crippen LogP contribution in [0.5, 0.6) is 0 Å². The van der Waals surface area contributed by atoms with Crippen LogP contribution in [0, 0.1) is 0 Å². The fraction of sp³-hybridized carbons (Fsp3) is 0.310. The molecule has 0 saturated carbocycles. The summed E-state index contributed by atoms with van der Waals surface area (Å²) in [6, 6.07) is 16.6. The Morgan fingerprint density at radius 2 is 1.74 bits per heavy atom. The van der Waals surface area contributed by atoms with E-state index < -0.39 is 11.9 Å². The zero-order valence-electron chi connectivity index (χ0n) is 21.7. The molecule has 5 aromatic rings. The minimum absolute atomic E-state index is 0.141. The topological polar surface area (TPSA) is 112 Å². The second-order valence-corrected chi connectivity index (χ2v) is 9.39. The van der Waals surface area contributed by atoms with Gasteiger partial charge in [0.15, 0.2) is 11.4 Å². The second kappa shape index (κ2) is 10.8. The quantitative estimate of drug-likeness (QED) is 0.294. The predicted octanol–water partition coefficient (Wildman–Crippen LogP) is 4.48. The Balaban J connectivity index is 1.44. The summed E-state index contributed by atoms with van der Waals surface area (Å²) < 4.78 is 18.6. The van der Waals surface area contributed by atoms with Gasteiger partial charge >= 0.3 is 5.97 Å². The summed E-state index contributed by atoms with van der Waals surface area (Å²) in [5.74, 6) is -0.606. The van der Waals surface area contributed by atoms with Crippen molar-refractivity contribution in [3.63, 3.8) is 0 Å². The normalized spacial score (nSPS) is 14.3. The monoisotopic (exact) mass is 527 g/mol. The van der Waals surface area contributed by atoms with Gasteiger partial charge in [-0.1, -0.05) is 30.3 Å². The van der Waals surface area contributed by atoms with Crippen LogP contribution in [0.2, 0.25) is 0 Å². The minimum atomic E-state index is -0.570. The summed E-state index contributed by atoms with van der Waals surface area (Å²) in [6.07, 6.45) is 0.772. The van der Waals surface area contributed by atoms with Crippen LogP contribution < -0.4 is 5.32 Å². The van der Waals surface area contributed by atoms with E-state index in [1.165, 1.54) is 0 Å². The first-order valence-corrected chi connectivity index (χ1v) is 13.2. The van der Waals surface area contributed by atoms with Gasteiger partial charge in [-0.05, 0) is 37.6 Å². The lowest BCUT2D eigenvalue weighted by atomic mass is 10.2. The average Bonchev–Trinajstić information content (AvgIpc) is 3.52. The molecule has 0 atom stereocenters. The molecule has 0 bridgehead atoms. The summed E-state index contributed by atoms with van der Waals surface area (Å²) in [4.78, 5) is 38.8. The van der Waals surface area contributed by atoms with E-state index in [2.05, 4.69) is 10.2 Å². The van der Waals surface area contributed by atoms with Crippen LogP contribution >= 0.6 is 0 Å². The van der Waals surface area contributed by atoms with Crippen LogP contribution in [0.1, 0.15) is 34.3 Å². The Bertz CT molecular complexity index is 1630. The molecule has 0 unspecified atom stereocenters. The summed E-state index contributed by atoms with van der Waals surface area (Å²) >= 11 is 0. The van der Waals surface area contributed by atoms with E-state index in [1.807, 2.05) is 47.0 Å². The number of carbonyl (C=O) groups excluding carboxylic acids is 2.